The molecule has 1 N–H and O–H groups in total. The number of likely N-dealkylation sites (N-methyl/N-ethyl adjacent to an activating group) is 1. The van der Waals surface area contributed by atoms with E-state index in [9.17, 15) is 23.2 Å². The Morgan fingerprint density at radius 3 is 2.33 bits per heavy atom. The molecule has 2 amide bonds. The number of amides is 2. The summed E-state index contributed by atoms with van der Waals surface area (Å²) < 4.78 is 26.8. The summed E-state index contributed by atoms with van der Waals surface area (Å²) in [5.74, 6) is -3.62. The molecule has 0 saturated carbocycles. The lowest BCUT2D eigenvalue weighted by molar-refractivity contribution is -0.131. The number of hydrogen-bond acceptors (Lipinski definition) is 4. The number of halogens is 2. The Kier molecular flexibility index (Phi) is 7.33. The molecular weight excluding hydrogens is 464 g/mol. The number of para-hydroxylation sites is 1. The minimum absolute atomic E-state index is 0.157. The first-order valence-electron chi connectivity index (χ1n) is 11.5. The molecule has 0 aromatic heterocycles. The maximum absolute atomic E-state index is 13.4. The minimum Gasteiger partial charge on any atom is -0.326 e. The van der Waals surface area contributed by atoms with Crippen LogP contribution in [0, 0.1) is 17.6 Å². The van der Waals surface area contributed by atoms with Crippen LogP contribution in [0.5, 0.6) is 0 Å². The van der Waals surface area contributed by atoms with Crippen molar-refractivity contribution in [3.63, 3.8) is 0 Å². The average Bonchev–Trinajstić information content (AvgIpc) is 2.94. The second-order valence-electron chi connectivity index (χ2n) is 8.77. The molecule has 36 heavy (non-hydrogen) atoms. The molecule has 3 aromatic rings. The first-order valence-corrected chi connectivity index (χ1v) is 11.5. The maximum atomic E-state index is 13.4. The molecule has 8 heteroatoms. The third kappa shape index (κ3) is 5.54. The Labute approximate surface area is 207 Å². The maximum Gasteiger partial charge on any atom is 0.272 e. The minimum atomic E-state index is -1.19. The molecule has 1 heterocycles. The summed E-state index contributed by atoms with van der Waals surface area (Å²) in [6.45, 7) is 1.56. The van der Waals surface area contributed by atoms with Gasteiger partial charge in [0, 0.05) is 43.0 Å². The topological polar surface area (TPSA) is 78.8 Å². The Morgan fingerprint density at radius 2 is 1.64 bits per heavy atom. The van der Waals surface area contributed by atoms with Crippen LogP contribution in [0.15, 0.2) is 77.8 Å². The van der Waals surface area contributed by atoms with Gasteiger partial charge in [0.1, 0.15) is 17.4 Å². The summed E-state index contributed by atoms with van der Waals surface area (Å²) in [5.41, 5.74) is 2.96. The summed E-state index contributed by atoms with van der Waals surface area (Å²) in [6.07, 6.45) is -1.56. The molecule has 184 valence electrons. The zero-order valence-electron chi connectivity index (χ0n) is 19.9. The Hall–Kier alpha value is -4.20. The number of fused-ring (bicyclic) bond motifs is 1. The second kappa shape index (κ2) is 10.6. The molecule has 0 spiro atoms. The van der Waals surface area contributed by atoms with Crippen molar-refractivity contribution in [3.8, 4) is 0 Å². The van der Waals surface area contributed by atoms with E-state index in [4.69, 9.17) is 0 Å². The third-order valence-electron chi connectivity index (χ3n) is 5.97. The number of benzene rings is 3. The zero-order valence-corrected chi connectivity index (χ0v) is 19.9. The number of nitrogens with one attached hydrogen (secondary N) is 1. The summed E-state index contributed by atoms with van der Waals surface area (Å²) in [4.78, 5) is 44.8. The van der Waals surface area contributed by atoms with E-state index in [0.29, 0.717) is 11.4 Å². The zero-order chi connectivity index (χ0) is 25.8. The van der Waals surface area contributed by atoms with Gasteiger partial charge < -0.3 is 10.2 Å². The first kappa shape index (κ1) is 24.9. The first-order chi connectivity index (χ1) is 17.2. The SMILES string of the molecule is C[C@@H](CC(=O)Cc1cc(F)cc(F)c1)C(=O)N[C@H]1N=C(c2ccccc2)c2ccccc2N(C)C1=O. The van der Waals surface area contributed by atoms with E-state index < -0.39 is 35.5 Å². The quantitative estimate of drug-likeness (QED) is 0.544. The summed E-state index contributed by atoms with van der Waals surface area (Å²) >= 11 is 0. The summed E-state index contributed by atoms with van der Waals surface area (Å²) in [5, 5.41) is 2.67. The monoisotopic (exact) mass is 489 g/mol. The van der Waals surface area contributed by atoms with E-state index in [0.717, 1.165) is 29.3 Å². The van der Waals surface area contributed by atoms with Crippen LogP contribution in [-0.4, -0.2) is 36.5 Å². The Balaban J connectivity index is 1.53. The normalized spacial score (nSPS) is 16.0. The van der Waals surface area contributed by atoms with Crippen molar-refractivity contribution in [2.45, 2.75) is 25.9 Å². The van der Waals surface area contributed by atoms with E-state index in [2.05, 4.69) is 10.3 Å². The average molecular weight is 490 g/mol. The molecule has 4 rings (SSSR count). The summed E-state index contributed by atoms with van der Waals surface area (Å²) in [7, 11) is 1.62. The molecule has 0 radical (unpaired) electrons. The third-order valence-corrected chi connectivity index (χ3v) is 5.97. The second-order valence-corrected chi connectivity index (χ2v) is 8.77. The fraction of sp³-hybridized carbons (Fsp3) is 0.214. The summed E-state index contributed by atoms with van der Waals surface area (Å²) in [6, 6.07) is 19.6. The van der Waals surface area contributed by atoms with Gasteiger partial charge in [0.25, 0.3) is 5.91 Å². The van der Waals surface area contributed by atoms with Crippen LogP contribution in [0.1, 0.15) is 30.0 Å². The van der Waals surface area contributed by atoms with Crippen LogP contribution in [0.3, 0.4) is 0 Å². The molecule has 0 unspecified atom stereocenters. The van der Waals surface area contributed by atoms with Gasteiger partial charge >= 0.3 is 0 Å². The lowest BCUT2D eigenvalue weighted by Gasteiger charge is -2.22. The van der Waals surface area contributed by atoms with Gasteiger partial charge in [-0.05, 0) is 23.8 Å². The van der Waals surface area contributed by atoms with Crippen LogP contribution in [0.2, 0.25) is 0 Å². The Bertz CT molecular complexity index is 1320. The molecule has 1 aliphatic heterocycles. The smallest absolute Gasteiger partial charge is 0.272 e. The van der Waals surface area contributed by atoms with E-state index in [1.54, 1.807) is 14.0 Å². The highest BCUT2D eigenvalue weighted by atomic mass is 19.1. The van der Waals surface area contributed by atoms with E-state index >= 15 is 0 Å². The lowest BCUT2D eigenvalue weighted by atomic mass is 9.99. The van der Waals surface area contributed by atoms with Crippen molar-refractivity contribution in [2.24, 2.45) is 10.9 Å². The number of anilines is 1. The number of aliphatic imine (C=N–C) groups is 1. The Morgan fingerprint density at radius 1 is 1.00 bits per heavy atom. The number of nitrogens with zero attached hydrogens (tertiary/aromatic N) is 2. The van der Waals surface area contributed by atoms with Crippen LogP contribution in [0.4, 0.5) is 14.5 Å². The highest BCUT2D eigenvalue weighted by molar-refractivity contribution is 6.20. The molecule has 2 atom stereocenters. The van der Waals surface area contributed by atoms with Crippen molar-refractivity contribution >= 4 is 29.0 Å². The largest absolute Gasteiger partial charge is 0.326 e. The molecule has 0 fully saturated rings. The highest BCUT2D eigenvalue weighted by Crippen LogP contribution is 2.27. The van der Waals surface area contributed by atoms with Crippen LogP contribution in [0.25, 0.3) is 0 Å². The predicted molar refractivity (Wildman–Crippen MR) is 133 cm³/mol. The number of Topliss-reactive ketones (excluding diaryl/α,β-unsaturated/α-hetero) is 1. The standard InChI is InChI=1S/C28H25F2N3O3/c1-17(12-22(34)15-18-13-20(29)16-21(30)14-18)27(35)32-26-28(36)33(2)24-11-7-6-10-23(24)25(31-26)19-8-4-3-5-9-19/h3-11,13-14,16-17,26H,12,15H2,1-2H3,(H,32,35)/t17-,26+/m0/s1. The molecular formula is C28H25F2N3O3. The van der Waals surface area contributed by atoms with Crippen molar-refractivity contribution in [3.05, 3.63) is 101 Å². The number of rotatable bonds is 7. The van der Waals surface area contributed by atoms with Crippen molar-refractivity contribution in [2.75, 3.05) is 11.9 Å². The van der Waals surface area contributed by atoms with Gasteiger partial charge in [-0.25, -0.2) is 13.8 Å². The molecule has 1 aliphatic rings. The molecule has 0 bridgehead atoms. The van der Waals surface area contributed by atoms with Gasteiger partial charge in [0.05, 0.1) is 11.4 Å². The van der Waals surface area contributed by atoms with Crippen LogP contribution < -0.4 is 10.2 Å². The molecule has 0 aliphatic carbocycles. The fourth-order valence-electron chi connectivity index (χ4n) is 4.17. The van der Waals surface area contributed by atoms with Gasteiger partial charge in [0.2, 0.25) is 12.1 Å². The van der Waals surface area contributed by atoms with Crippen LogP contribution >= 0.6 is 0 Å². The fourth-order valence-corrected chi connectivity index (χ4v) is 4.17. The van der Waals surface area contributed by atoms with E-state index in [1.165, 1.54) is 4.90 Å². The highest BCUT2D eigenvalue weighted by Gasteiger charge is 2.32. The number of benzodiazepines with no additional fused rings is 1. The van der Waals surface area contributed by atoms with E-state index in [1.807, 2.05) is 54.6 Å². The lowest BCUT2D eigenvalue weighted by Crippen LogP contribution is -2.47. The molecule has 3 aromatic carbocycles. The van der Waals surface area contributed by atoms with Crippen LogP contribution in [-0.2, 0) is 20.8 Å². The van der Waals surface area contributed by atoms with Crippen molar-refractivity contribution in [1.29, 1.82) is 0 Å². The van der Waals surface area contributed by atoms with Crippen molar-refractivity contribution < 1.29 is 23.2 Å². The van der Waals surface area contributed by atoms with Gasteiger partial charge in [-0.3, -0.25) is 14.4 Å². The number of carbonyl (C=O) groups is 3. The van der Waals surface area contributed by atoms with Gasteiger partial charge in [-0.2, -0.15) is 0 Å². The number of hydrogen-bond donors (Lipinski definition) is 1. The number of ketones is 1. The van der Waals surface area contributed by atoms with Gasteiger partial charge in [-0.15, -0.1) is 0 Å². The van der Waals surface area contributed by atoms with Crippen molar-refractivity contribution in [1.82, 2.24) is 5.32 Å². The molecule has 6 nitrogen and oxygen atoms in total. The molecule has 0 saturated heterocycles. The van der Waals surface area contributed by atoms with E-state index in [-0.39, 0.29) is 24.2 Å². The predicted octanol–water partition coefficient (Wildman–Crippen LogP) is 4.06. The van der Waals surface area contributed by atoms with Gasteiger partial charge in [-0.1, -0.05) is 55.5 Å². The van der Waals surface area contributed by atoms with Gasteiger partial charge in [0.15, 0.2) is 0 Å². The number of carbonyl (C=O) groups excluding carboxylic acids is 3.